The molecule has 2 rings (SSSR count). The predicted molar refractivity (Wildman–Crippen MR) is 66.8 cm³/mol. The van der Waals surface area contributed by atoms with Gasteiger partial charge in [-0.1, -0.05) is 0 Å². The van der Waals surface area contributed by atoms with Crippen molar-refractivity contribution in [2.45, 2.75) is 20.4 Å². The third-order valence-electron chi connectivity index (χ3n) is 2.78. The lowest BCUT2D eigenvalue weighted by atomic mass is 10.1. The molecule has 0 saturated carbocycles. The molecule has 18 heavy (non-hydrogen) atoms. The van der Waals surface area contributed by atoms with E-state index >= 15 is 0 Å². The molecule has 2 heterocycles. The minimum atomic E-state index is 0.518. The molecule has 2 aromatic rings. The van der Waals surface area contributed by atoms with E-state index in [1.807, 2.05) is 27.1 Å². The van der Waals surface area contributed by atoms with E-state index in [-0.39, 0.29) is 0 Å². The van der Waals surface area contributed by atoms with Crippen molar-refractivity contribution in [2.75, 3.05) is 5.32 Å². The standard InChI is InChI=1S/C12H14N6/c1-8-9(2)16-17-12(11(8)4-13)14-5-10-6-15-18(3)7-10/h6-7H,5H2,1-3H3,(H,14,17). The Morgan fingerprint density at radius 1 is 1.39 bits per heavy atom. The largest absolute Gasteiger partial charge is 0.363 e. The summed E-state index contributed by atoms with van der Waals surface area (Å²) < 4.78 is 1.73. The smallest absolute Gasteiger partial charge is 0.167 e. The van der Waals surface area contributed by atoms with E-state index in [1.54, 1.807) is 10.9 Å². The summed E-state index contributed by atoms with van der Waals surface area (Å²) in [5.74, 6) is 0.518. The number of aryl methyl sites for hydroxylation is 2. The van der Waals surface area contributed by atoms with Gasteiger partial charge >= 0.3 is 0 Å². The van der Waals surface area contributed by atoms with Gasteiger partial charge in [-0.05, 0) is 19.4 Å². The van der Waals surface area contributed by atoms with Crippen LogP contribution in [0.25, 0.3) is 0 Å². The van der Waals surface area contributed by atoms with Crippen LogP contribution in [0.1, 0.15) is 22.4 Å². The Balaban J connectivity index is 2.20. The molecule has 0 fully saturated rings. The number of aromatic nitrogens is 4. The lowest BCUT2D eigenvalue weighted by molar-refractivity contribution is 0.767. The van der Waals surface area contributed by atoms with Crippen LogP contribution in [0.15, 0.2) is 12.4 Å². The first-order valence-corrected chi connectivity index (χ1v) is 5.57. The highest BCUT2D eigenvalue weighted by Crippen LogP contribution is 2.17. The molecule has 0 bridgehead atoms. The van der Waals surface area contributed by atoms with Crippen molar-refractivity contribution in [1.82, 2.24) is 20.0 Å². The second-order valence-electron chi connectivity index (χ2n) is 4.12. The summed E-state index contributed by atoms with van der Waals surface area (Å²) in [6.07, 6.45) is 3.68. The molecule has 0 aliphatic heterocycles. The molecule has 0 unspecified atom stereocenters. The fourth-order valence-corrected chi connectivity index (χ4v) is 1.62. The Hall–Kier alpha value is -2.42. The van der Waals surface area contributed by atoms with E-state index in [2.05, 4.69) is 26.7 Å². The van der Waals surface area contributed by atoms with Gasteiger partial charge in [-0.15, -0.1) is 5.10 Å². The van der Waals surface area contributed by atoms with Crippen molar-refractivity contribution in [3.05, 3.63) is 34.8 Å². The summed E-state index contributed by atoms with van der Waals surface area (Å²) in [4.78, 5) is 0. The molecule has 0 aliphatic rings. The molecule has 0 atom stereocenters. The van der Waals surface area contributed by atoms with Crippen LogP contribution in [0.5, 0.6) is 0 Å². The third kappa shape index (κ3) is 2.30. The number of hydrogen-bond donors (Lipinski definition) is 1. The molecule has 92 valence electrons. The van der Waals surface area contributed by atoms with Gasteiger partial charge < -0.3 is 5.32 Å². The summed E-state index contributed by atoms with van der Waals surface area (Å²) in [6, 6.07) is 2.16. The molecule has 1 N–H and O–H groups in total. The lowest BCUT2D eigenvalue weighted by Crippen LogP contribution is -2.07. The maximum absolute atomic E-state index is 9.15. The van der Waals surface area contributed by atoms with Crippen molar-refractivity contribution in [3.63, 3.8) is 0 Å². The Morgan fingerprint density at radius 2 is 2.17 bits per heavy atom. The molecule has 0 spiro atoms. The van der Waals surface area contributed by atoms with Gasteiger partial charge in [0.15, 0.2) is 5.82 Å². The maximum atomic E-state index is 9.15. The first-order chi connectivity index (χ1) is 8.61. The fraction of sp³-hybridized carbons (Fsp3) is 0.333. The molecule has 2 aromatic heterocycles. The van der Waals surface area contributed by atoms with E-state index in [4.69, 9.17) is 5.26 Å². The number of nitrogens with one attached hydrogen (secondary N) is 1. The van der Waals surface area contributed by atoms with Gasteiger partial charge in [0.1, 0.15) is 11.6 Å². The Morgan fingerprint density at radius 3 is 2.78 bits per heavy atom. The minimum absolute atomic E-state index is 0.518. The van der Waals surface area contributed by atoms with Gasteiger partial charge in [0.2, 0.25) is 0 Å². The normalized spacial score (nSPS) is 10.1. The van der Waals surface area contributed by atoms with E-state index in [0.29, 0.717) is 17.9 Å². The highest BCUT2D eigenvalue weighted by atomic mass is 15.2. The molecular weight excluding hydrogens is 228 g/mol. The van der Waals surface area contributed by atoms with Gasteiger partial charge in [0, 0.05) is 25.4 Å². The van der Waals surface area contributed by atoms with Gasteiger partial charge in [-0.3, -0.25) is 4.68 Å². The molecule has 6 heteroatoms. The average Bonchev–Trinajstić information content (AvgIpc) is 2.77. The molecular formula is C12H14N6. The Kier molecular flexibility index (Phi) is 3.24. The number of nitriles is 1. The van der Waals surface area contributed by atoms with Gasteiger partial charge in [-0.25, -0.2) is 0 Å². The van der Waals surface area contributed by atoms with E-state index in [1.165, 1.54) is 0 Å². The maximum Gasteiger partial charge on any atom is 0.167 e. The van der Waals surface area contributed by atoms with Crippen LogP contribution in [0.2, 0.25) is 0 Å². The van der Waals surface area contributed by atoms with E-state index < -0.39 is 0 Å². The van der Waals surface area contributed by atoms with Crippen LogP contribution >= 0.6 is 0 Å². The zero-order chi connectivity index (χ0) is 13.1. The number of anilines is 1. The van der Waals surface area contributed by atoms with Gasteiger partial charge in [0.25, 0.3) is 0 Å². The minimum Gasteiger partial charge on any atom is -0.363 e. The van der Waals surface area contributed by atoms with Crippen LogP contribution in [0.4, 0.5) is 5.82 Å². The highest BCUT2D eigenvalue weighted by Gasteiger charge is 2.10. The van der Waals surface area contributed by atoms with Crippen LogP contribution in [-0.4, -0.2) is 20.0 Å². The Labute approximate surface area is 105 Å². The molecule has 0 saturated heterocycles. The van der Waals surface area contributed by atoms with Gasteiger partial charge in [0.05, 0.1) is 11.9 Å². The zero-order valence-corrected chi connectivity index (χ0v) is 10.6. The second-order valence-corrected chi connectivity index (χ2v) is 4.12. The first kappa shape index (κ1) is 12.0. The van der Waals surface area contributed by atoms with Crippen molar-refractivity contribution in [3.8, 4) is 6.07 Å². The summed E-state index contributed by atoms with van der Waals surface area (Å²) in [5.41, 5.74) is 3.22. The van der Waals surface area contributed by atoms with Crippen LogP contribution in [-0.2, 0) is 13.6 Å². The number of hydrogen-bond acceptors (Lipinski definition) is 5. The van der Waals surface area contributed by atoms with E-state index in [0.717, 1.165) is 16.8 Å². The van der Waals surface area contributed by atoms with Crippen molar-refractivity contribution in [2.24, 2.45) is 7.05 Å². The average molecular weight is 242 g/mol. The molecule has 0 aromatic carbocycles. The summed E-state index contributed by atoms with van der Waals surface area (Å²) >= 11 is 0. The first-order valence-electron chi connectivity index (χ1n) is 5.57. The SMILES string of the molecule is Cc1nnc(NCc2cnn(C)c2)c(C#N)c1C. The summed E-state index contributed by atoms with van der Waals surface area (Å²) in [5, 5.41) is 24.4. The number of rotatable bonds is 3. The third-order valence-corrected chi connectivity index (χ3v) is 2.78. The summed E-state index contributed by atoms with van der Waals surface area (Å²) in [6.45, 7) is 4.28. The number of nitrogens with zero attached hydrogens (tertiary/aromatic N) is 5. The quantitative estimate of drug-likeness (QED) is 0.877. The van der Waals surface area contributed by atoms with E-state index in [9.17, 15) is 0 Å². The van der Waals surface area contributed by atoms with Crippen molar-refractivity contribution in [1.29, 1.82) is 5.26 Å². The monoisotopic (exact) mass is 242 g/mol. The van der Waals surface area contributed by atoms with Crippen LogP contribution in [0, 0.1) is 25.2 Å². The Bertz CT molecular complexity index is 608. The topological polar surface area (TPSA) is 79.4 Å². The molecule has 0 aliphatic carbocycles. The molecule has 0 radical (unpaired) electrons. The second kappa shape index (κ2) is 4.84. The zero-order valence-electron chi connectivity index (χ0n) is 10.6. The van der Waals surface area contributed by atoms with Gasteiger partial charge in [-0.2, -0.15) is 15.5 Å². The lowest BCUT2D eigenvalue weighted by Gasteiger charge is -2.08. The highest BCUT2D eigenvalue weighted by molar-refractivity contribution is 5.55. The predicted octanol–water partition coefficient (Wildman–Crippen LogP) is 1.31. The molecule has 6 nitrogen and oxygen atoms in total. The van der Waals surface area contributed by atoms with Crippen molar-refractivity contribution < 1.29 is 0 Å². The van der Waals surface area contributed by atoms with Crippen LogP contribution < -0.4 is 5.32 Å². The van der Waals surface area contributed by atoms with Crippen molar-refractivity contribution >= 4 is 5.82 Å². The molecule has 0 amide bonds. The summed E-state index contributed by atoms with van der Waals surface area (Å²) in [7, 11) is 1.86. The van der Waals surface area contributed by atoms with Crippen LogP contribution in [0.3, 0.4) is 0 Å². The fourth-order valence-electron chi connectivity index (χ4n) is 1.62.